The van der Waals surface area contributed by atoms with Crippen molar-refractivity contribution in [2.24, 2.45) is 5.73 Å². The van der Waals surface area contributed by atoms with Crippen LogP contribution in [-0.4, -0.2) is 12.6 Å². The molecule has 2 N–H and O–H groups in total. The highest BCUT2D eigenvalue weighted by Crippen LogP contribution is 2.19. The Bertz CT molecular complexity index is 350. The van der Waals surface area contributed by atoms with E-state index in [1.807, 2.05) is 0 Å². The van der Waals surface area contributed by atoms with E-state index in [4.69, 9.17) is 22.1 Å². The molecule has 0 aliphatic heterocycles. The smallest absolute Gasteiger partial charge is 0.327 e. The Morgan fingerprint density at radius 2 is 2.27 bits per heavy atom. The molecule has 82 valence electrons. The molecule has 3 nitrogen and oxygen atoms in total. The van der Waals surface area contributed by atoms with Gasteiger partial charge in [-0.2, -0.15) is 0 Å². The summed E-state index contributed by atoms with van der Waals surface area (Å²) in [6.45, 7) is 1.90. The molecule has 1 rings (SSSR count). The average Bonchev–Trinajstić information content (AvgIpc) is 2.15. The van der Waals surface area contributed by atoms with Crippen LogP contribution in [0.15, 0.2) is 18.2 Å². The van der Waals surface area contributed by atoms with Crippen LogP contribution in [0.4, 0.5) is 4.39 Å². The number of hydrogen-bond acceptors (Lipinski definition) is 3. The second-order valence-corrected chi connectivity index (χ2v) is 3.37. The minimum Gasteiger partial charge on any atom is -0.465 e. The minimum atomic E-state index is -1.00. The maximum atomic E-state index is 12.9. The van der Waals surface area contributed by atoms with Crippen LogP contribution in [0, 0.1) is 5.82 Å². The highest BCUT2D eigenvalue weighted by molar-refractivity contribution is 6.30. The molecule has 0 radical (unpaired) electrons. The van der Waals surface area contributed by atoms with Gasteiger partial charge >= 0.3 is 5.97 Å². The zero-order valence-corrected chi connectivity index (χ0v) is 8.92. The minimum absolute atomic E-state index is 0.199. The van der Waals surface area contributed by atoms with Crippen LogP contribution >= 0.6 is 11.6 Å². The van der Waals surface area contributed by atoms with Gasteiger partial charge in [0, 0.05) is 5.02 Å². The van der Waals surface area contributed by atoms with Crippen molar-refractivity contribution in [1.29, 1.82) is 0 Å². The zero-order chi connectivity index (χ0) is 11.4. The third kappa shape index (κ3) is 3.18. The van der Waals surface area contributed by atoms with Crippen molar-refractivity contribution in [3.63, 3.8) is 0 Å². The first-order chi connectivity index (χ1) is 7.04. The van der Waals surface area contributed by atoms with Gasteiger partial charge in [0.25, 0.3) is 0 Å². The molecule has 5 heteroatoms. The molecular formula is C10H11ClFNO2. The highest BCUT2D eigenvalue weighted by atomic mass is 35.5. The Labute approximate surface area is 92.0 Å². The van der Waals surface area contributed by atoms with Gasteiger partial charge in [-0.25, -0.2) is 9.18 Å². The van der Waals surface area contributed by atoms with Gasteiger partial charge < -0.3 is 10.5 Å². The van der Waals surface area contributed by atoms with Crippen molar-refractivity contribution in [3.8, 4) is 0 Å². The molecule has 0 saturated carbocycles. The SMILES string of the molecule is CCOC(=O)C(N)c1cc(F)cc(Cl)c1. The molecule has 0 amide bonds. The molecule has 0 aromatic heterocycles. The van der Waals surface area contributed by atoms with Gasteiger partial charge in [0.15, 0.2) is 0 Å². The van der Waals surface area contributed by atoms with E-state index in [-0.39, 0.29) is 11.6 Å². The molecule has 0 saturated heterocycles. The Morgan fingerprint density at radius 3 is 2.80 bits per heavy atom. The lowest BCUT2D eigenvalue weighted by Crippen LogP contribution is -2.23. The van der Waals surface area contributed by atoms with Crippen molar-refractivity contribution >= 4 is 17.6 Å². The Balaban J connectivity index is 2.90. The van der Waals surface area contributed by atoms with E-state index in [9.17, 15) is 9.18 Å². The van der Waals surface area contributed by atoms with Crippen molar-refractivity contribution in [1.82, 2.24) is 0 Å². The Morgan fingerprint density at radius 1 is 1.60 bits per heavy atom. The quantitative estimate of drug-likeness (QED) is 0.810. The number of rotatable bonds is 3. The molecule has 0 fully saturated rings. The van der Waals surface area contributed by atoms with E-state index in [2.05, 4.69) is 0 Å². The summed E-state index contributed by atoms with van der Waals surface area (Å²) in [6.07, 6.45) is 0. The predicted octanol–water partition coefficient (Wildman–Crippen LogP) is 2.04. The predicted molar refractivity (Wildman–Crippen MR) is 55.0 cm³/mol. The lowest BCUT2D eigenvalue weighted by atomic mass is 10.1. The summed E-state index contributed by atoms with van der Waals surface area (Å²) in [5, 5.41) is 0.199. The maximum absolute atomic E-state index is 12.9. The Kier molecular flexibility index (Phi) is 4.05. The summed E-state index contributed by atoms with van der Waals surface area (Å²) < 4.78 is 17.7. The molecule has 0 bridgehead atoms. The van der Waals surface area contributed by atoms with E-state index < -0.39 is 17.8 Å². The first-order valence-corrected chi connectivity index (χ1v) is 4.80. The molecule has 0 spiro atoms. The number of benzene rings is 1. The number of halogens is 2. The van der Waals surface area contributed by atoms with Crippen LogP contribution in [0.3, 0.4) is 0 Å². The van der Waals surface area contributed by atoms with E-state index in [0.29, 0.717) is 5.56 Å². The summed E-state index contributed by atoms with van der Waals surface area (Å²) in [5.41, 5.74) is 5.87. The van der Waals surface area contributed by atoms with E-state index in [1.54, 1.807) is 6.92 Å². The fraction of sp³-hybridized carbons (Fsp3) is 0.300. The van der Waals surface area contributed by atoms with Gasteiger partial charge in [-0.3, -0.25) is 0 Å². The van der Waals surface area contributed by atoms with Crippen LogP contribution in [0.25, 0.3) is 0 Å². The largest absolute Gasteiger partial charge is 0.465 e. The highest BCUT2D eigenvalue weighted by Gasteiger charge is 2.17. The Hall–Kier alpha value is -1.13. The summed E-state index contributed by atoms with van der Waals surface area (Å²) in [7, 11) is 0. The van der Waals surface area contributed by atoms with E-state index in [0.717, 1.165) is 12.1 Å². The van der Waals surface area contributed by atoms with Crippen LogP contribution in [0.5, 0.6) is 0 Å². The molecular weight excluding hydrogens is 221 g/mol. The summed E-state index contributed by atoms with van der Waals surface area (Å²) >= 11 is 5.63. The van der Waals surface area contributed by atoms with Crippen molar-refractivity contribution in [3.05, 3.63) is 34.6 Å². The number of ether oxygens (including phenoxy) is 1. The third-order valence-corrected chi connectivity index (χ3v) is 2.00. The van der Waals surface area contributed by atoms with Crippen LogP contribution in [0.2, 0.25) is 5.02 Å². The number of hydrogen-bond donors (Lipinski definition) is 1. The zero-order valence-electron chi connectivity index (χ0n) is 8.17. The number of esters is 1. The molecule has 0 aliphatic rings. The monoisotopic (exact) mass is 231 g/mol. The lowest BCUT2D eigenvalue weighted by molar-refractivity contribution is -0.144. The summed E-state index contributed by atoms with van der Waals surface area (Å²) in [4.78, 5) is 11.3. The van der Waals surface area contributed by atoms with Crippen LogP contribution in [-0.2, 0) is 9.53 Å². The van der Waals surface area contributed by atoms with Crippen molar-refractivity contribution in [2.75, 3.05) is 6.61 Å². The van der Waals surface area contributed by atoms with E-state index in [1.165, 1.54) is 6.07 Å². The lowest BCUT2D eigenvalue weighted by Gasteiger charge is -2.11. The molecule has 1 aromatic rings. The van der Waals surface area contributed by atoms with Gasteiger partial charge in [0.2, 0.25) is 0 Å². The van der Waals surface area contributed by atoms with E-state index >= 15 is 0 Å². The number of carbonyl (C=O) groups is 1. The molecule has 0 heterocycles. The van der Waals surface area contributed by atoms with Gasteiger partial charge in [0.05, 0.1) is 6.61 Å². The molecule has 15 heavy (non-hydrogen) atoms. The third-order valence-electron chi connectivity index (χ3n) is 1.78. The summed E-state index contributed by atoms with van der Waals surface area (Å²) in [5.74, 6) is -1.13. The maximum Gasteiger partial charge on any atom is 0.327 e. The second kappa shape index (κ2) is 5.09. The summed E-state index contributed by atoms with van der Waals surface area (Å²) in [6, 6.07) is 2.74. The first kappa shape index (κ1) is 11.9. The first-order valence-electron chi connectivity index (χ1n) is 4.42. The molecule has 1 aromatic carbocycles. The van der Waals surface area contributed by atoms with Gasteiger partial charge in [-0.15, -0.1) is 0 Å². The molecule has 1 unspecified atom stereocenters. The van der Waals surface area contributed by atoms with Crippen LogP contribution < -0.4 is 5.73 Å². The van der Waals surface area contributed by atoms with Gasteiger partial charge in [-0.1, -0.05) is 11.6 Å². The van der Waals surface area contributed by atoms with Gasteiger partial charge in [-0.05, 0) is 30.7 Å². The number of nitrogens with two attached hydrogens (primary N) is 1. The average molecular weight is 232 g/mol. The van der Waals surface area contributed by atoms with Crippen LogP contribution in [0.1, 0.15) is 18.5 Å². The van der Waals surface area contributed by atoms with Crippen molar-refractivity contribution in [2.45, 2.75) is 13.0 Å². The topological polar surface area (TPSA) is 52.3 Å². The second-order valence-electron chi connectivity index (χ2n) is 2.93. The fourth-order valence-corrected chi connectivity index (χ4v) is 1.35. The van der Waals surface area contributed by atoms with Crippen molar-refractivity contribution < 1.29 is 13.9 Å². The standard InChI is InChI=1S/C10H11ClFNO2/c1-2-15-10(14)9(13)6-3-7(11)5-8(12)4-6/h3-5,9H,2,13H2,1H3. The van der Waals surface area contributed by atoms with Gasteiger partial charge in [0.1, 0.15) is 11.9 Å². The normalized spacial score (nSPS) is 12.3. The number of carbonyl (C=O) groups excluding carboxylic acids is 1. The molecule has 1 atom stereocenters. The fourth-order valence-electron chi connectivity index (χ4n) is 1.12. The molecule has 0 aliphatic carbocycles.